The van der Waals surface area contributed by atoms with Crippen LogP contribution in [0, 0.1) is 17.1 Å². The normalized spacial score (nSPS) is 9.80. The molecule has 0 aliphatic carbocycles. The molecule has 0 aliphatic heterocycles. The first-order valence-electron chi connectivity index (χ1n) is 5.46. The molecule has 20 heavy (non-hydrogen) atoms. The standard InChI is InChI=1S/C13H8FN3O3/c14-11-3-9(2-1-8(11)4-15)20-6-12-10(13(18)19)5-16-7-17-12/h1-3,5,7H,6H2,(H,18,19). The summed E-state index contributed by atoms with van der Waals surface area (Å²) >= 11 is 0. The summed E-state index contributed by atoms with van der Waals surface area (Å²) in [4.78, 5) is 18.4. The zero-order valence-electron chi connectivity index (χ0n) is 10.1. The first kappa shape index (κ1) is 13.4. The number of rotatable bonds is 4. The third-order valence-electron chi connectivity index (χ3n) is 2.46. The summed E-state index contributed by atoms with van der Waals surface area (Å²) in [6, 6.07) is 5.45. The Balaban J connectivity index is 2.15. The molecule has 1 aromatic carbocycles. The zero-order valence-corrected chi connectivity index (χ0v) is 10.1. The Hall–Kier alpha value is -3.01. The Labute approximate surface area is 113 Å². The third-order valence-corrected chi connectivity index (χ3v) is 2.46. The van der Waals surface area contributed by atoms with Crippen molar-refractivity contribution in [1.82, 2.24) is 9.97 Å². The van der Waals surface area contributed by atoms with Crippen molar-refractivity contribution < 1.29 is 19.0 Å². The number of halogens is 1. The summed E-state index contributed by atoms with van der Waals surface area (Å²) in [5.41, 5.74) is 0.00416. The Morgan fingerprint density at radius 1 is 1.50 bits per heavy atom. The number of nitriles is 1. The van der Waals surface area contributed by atoms with Crippen molar-refractivity contribution in [2.45, 2.75) is 6.61 Å². The van der Waals surface area contributed by atoms with E-state index in [2.05, 4.69) is 9.97 Å². The van der Waals surface area contributed by atoms with Crippen LogP contribution >= 0.6 is 0 Å². The Morgan fingerprint density at radius 2 is 2.30 bits per heavy atom. The maximum atomic E-state index is 13.4. The van der Waals surface area contributed by atoms with Gasteiger partial charge >= 0.3 is 5.97 Å². The van der Waals surface area contributed by atoms with E-state index in [9.17, 15) is 9.18 Å². The lowest BCUT2D eigenvalue weighted by molar-refractivity contribution is 0.0692. The molecular formula is C13H8FN3O3. The number of carboxylic acid groups (broad SMARTS) is 1. The fraction of sp³-hybridized carbons (Fsp3) is 0.0769. The number of benzene rings is 1. The van der Waals surface area contributed by atoms with Gasteiger partial charge in [-0.15, -0.1) is 0 Å². The van der Waals surface area contributed by atoms with Crippen molar-refractivity contribution in [3.63, 3.8) is 0 Å². The van der Waals surface area contributed by atoms with Crippen LogP contribution in [0.4, 0.5) is 4.39 Å². The first-order chi connectivity index (χ1) is 9.61. The second kappa shape index (κ2) is 5.75. The molecule has 0 atom stereocenters. The summed E-state index contributed by atoms with van der Waals surface area (Å²) in [6.45, 7) is -0.143. The van der Waals surface area contributed by atoms with Gasteiger partial charge in [0.25, 0.3) is 0 Å². The maximum absolute atomic E-state index is 13.4. The van der Waals surface area contributed by atoms with Crippen LogP contribution in [0.5, 0.6) is 5.75 Å². The number of carboxylic acids is 1. The highest BCUT2D eigenvalue weighted by molar-refractivity contribution is 5.88. The second-order valence-electron chi connectivity index (χ2n) is 3.73. The number of aromatic carboxylic acids is 1. The quantitative estimate of drug-likeness (QED) is 0.911. The van der Waals surface area contributed by atoms with E-state index < -0.39 is 11.8 Å². The highest BCUT2D eigenvalue weighted by atomic mass is 19.1. The number of hydrogen-bond acceptors (Lipinski definition) is 5. The molecule has 0 radical (unpaired) electrons. The Bertz CT molecular complexity index is 698. The zero-order chi connectivity index (χ0) is 14.5. The van der Waals surface area contributed by atoms with Crippen LogP contribution in [0.1, 0.15) is 21.6 Å². The maximum Gasteiger partial charge on any atom is 0.339 e. The van der Waals surface area contributed by atoms with Crippen molar-refractivity contribution in [2.24, 2.45) is 0 Å². The molecule has 0 fully saturated rings. The van der Waals surface area contributed by atoms with Gasteiger partial charge in [-0.1, -0.05) is 0 Å². The fourth-order valence-electron chi connectivity index (χ4n) is 1.48. The molecule has 0 amide bonds. The lowest BCUT2D eigenvalue weighted by atomic mass is 10.2. The van der Waals surface area contributed by atoms with Gasteiger partial charge in [0, 0.05) is 12.3 Å². The summed E-state index contributed by atoms with van der Waals surface area (Å²) in [5.74, 6) is -1.70. The van der Waals surface area contributed by atoms with Gasteiger partial charge in [0.1, 0.15) is 36.1 Å². The van der Waals surface area contributed by atoms with Gasteiger partial charge in [0.05, 0.1) is 11.3 Å². The Kier molecular flexibility index (Phi) is 3.86. The average molecular weight is 273 g/mol. The molecule has 7 heteroatoms. The fourth-order valence-corrected chi connectivity index (χ4v) is 1.48. The van der Waals surface area contributed by atoms with Gasteiger partial charge in [0.15, 0.2) is 0 Å². The topological polar surface area (TPSA) is 96.1 Å². The van der Waals surface area contributed by atoms with E-state index in [1.807, 2.05) is 0 Å². The minimum absolute atomic E-state index is 0.0818. The highest BCUT2D eigenvalue weighted by Gasteiger charge is 2.12. The molecule has 1 heterocycles. The van der Waals surface area contributed by atoms with E-state index in [4.69, 9.17) is 15.1 Å². The largest absolute Gasteiger partial charge is 0.487 e. The van der Waals surface area contributed by atoms with Gasteiger partial charge in [-0.3, -0.25) is 0 Å². The molecule has 1 N–H and O–H groups in total. The molecule has 100 valence electrons. The molecule has 0 bridgehead atoms. The molecule has 1 aromatic heterocycles. The molecule has 0 spiro atoms. The summed E-state index contributed by atoms with van der Waals surface area (Å²) in [7, 11) is 0. The van der Waals surface area contributed by atoms with Gasteiger partial charge in [-0.2, -0.15) is 5.26 Å². The average Bonchev–Trinajstić information content (AvgIpc) is 2.45. The molecular weight excluding hydrogens is 265 g/mol. The van der Waals surface area contributed by atoms with Crippen molar-refractivity contribution >= 4 is 5.97 Å². The number of aromatic nitrogens is 2. The van der Waals surface area contributed by atoms with Gasteiger partial charge in [-0.05, 0) is 12.1 Å². The molecule has 2 aromatic rings. The van der Waals surface area contributed by atoms with Crippen LogP contribution in [0.15, 0.2) is 30.7 Å². The van der Waals surface area contributed by atoms with Crippen molar-refractivity contribution in [3.8, 4) is 11.8 Å². The monoisotopic (exact) mass is 273 g/mol. The highest BCUT2D eigenvalue weighted by Crippen LogP contribution is 2.17. The van der Waals surface area contributed by atoms with Crippen LogP contribution in [0.3, 0.4) is 0 Å². The lowest BCUT2D eigenvalue weighted by Gasteiger charge is -2.07. The minimum Gasteiger partial charge on any atom is -0.487 e. The summed E-state index contributed by atoms with van der Waals surface area (Å²) in [6.07, 6.45) is 2.36. The number of hydrogen-bond donors (Lipinski definition) is 1. The predicted molar refractivity (Wildman–Crippen MR) is 64.4 cm³/mol. The van der Waals surface area contributed by atoms with E-state index in [0.717, 1.165) is 12.3 Å². The molecule has 0 saturated heterocycles. The number of nitrogens with zero attached hydrogens (tertiary/aromatic N) is 3. The predicted octanol–water partition coefficient (Wildman–Crippen LogP) is 1.76. The smallest absolute Gasteiger partial charge is 0.339 e. The van der Waals surface area contributed by atoms with Crippen molar-refractivity contribution in [2.75, 3.05) is 0 Å². The first-order valence-corrected chi connectivity index (χ1v) is 5.46. The summed E-state index contributed by atoms with van der Waals surface area (Å²) in [5, 5.41) is 17.5. The van der Waals surface area contributed by atoms with Gasteiger partial charge in [-0.25, -0.2) is 19.2 Å². The SMILES string of the molecule is N#Cc1ccc(OCc2ncncc2C(=O)O)cc1F. The van der Waals surface area contributed by atoms with Gasteiger partial charge < -0.3 is 9.84 Å². The van der Waals surface area contributed by atoms with Gasteiger partial charge in [0.2, 0.25) is 0 Å². The van der Waals surface area contributed by atoms with Crippen LogP contribution in [0.25, 0.3) is 0 Å². The van der Waals surface area contributed by atoms with E-state index in [1.54, 1.807) is 6.07 Å². The third kappa shape index (κ3) is 2.87. The van der Waals surface area contributed by atoms with Crippen molar-refractivity contribution in [1.29, 1.82) is 5.26 Å². The van der Waals surface area contributed by atoms with Crippen LogP contribution < -0.4 is 4.74 Å². The Morgan fingerprint density at radius 3 is 2.95 bits per heavy atom. The molecule has 0 unspecified atom stereocenters. The minimum atomic E-state index is -1.17. The van der Waals surface area contributed by atoms with E-state index in [-0.39, 0.29) is 29.2 Å². The van der Waals surface area contributed by atoms with Crippen molar-refractivity contribution in [3.05, 3.63) is 53.4 Å². The number of carbonyl (C=O) groups is 1. The molecule has 2 rings (SSSR count). The van der Waals surface area contributed by atoms with Crippen LogP contribution in [0.2, 0.25) is 0 Å². The summed E-state index contributed by atoms with van der Waals surface area (Å²) < 4.78 is 18.6. The number of ether oxygens (including phenoxy) is 1. The van der Waals surface area contributed by atoms with E-state index in [0.29, 0.717) is 0 Å². The van der Waals surface area contributed by atoms with E-state index >= 15 is 0 Å². The molecule has 0 saturated carbocycles. The van der Waals surface area contributed by atoms with Crippen LogP contribution in [-0.2, 0) is 6.61 Å². The second-order valence-corrected chi connectivity index (χ2v) is 3.73. The lowest BCUT2D eigenvalue weighted by Crippen LogP contribution is -2.08. The van der Waals surface area contributed by atoms with Crippen LogP contribution in [-0.4, -0.2) is 21.0 Å². The molecule has 6 nitrogen and oxygen atoms in total. The van der Waals surface area contributed by atoms with E-state index in [1.165, 1.54) is 18.5 Å². The molecule has 0 aliphatic rings.